The summed E-state index contributed by atoms with van der Waals surface area (Å²) in [6, 6.07) is 0. The van der Waals surface area contributed by atoms with Crippen LogP contribution in [0.2, 0.25) is 0 Å². The topological polar surface area (TPSA) is 56.2 Å². The number of rotatable bonds is 3. The molecule has 3 heterocycles. The van der Waals surface area contributed by atoms with Crippen molar-refractivity contribution in [1.29, 1.82) is 0 Å². The second-order valence-corrected chi connectivity index (χ2v) is 5.11. The molecule has 0 aliphatic rings. The van der Waals surface area contributed by atoms with Gasteiger partial charge in [0.15, 0.2) is 4.96 Å². The molecule has 82 valence electrons. The molecule has 0 saturated heterocycles. The molecule has 3 aromatic rings. The quantitative estimate of drug-likeness (QED) is 0.773. The molecule has 0 atom stereocenters. The van der Waals surface area contributed by atoms with E-state index in [1.165, 1.54) is 0 Å². The lowest BCUT2D eigenvalue weighted by atomic mass is 10.3. The molecule has 0 saturated carbocycles. The van der Waals surface area contributed by atoms with Gasteiger partial charge in [-0.2, -0.15) is 0 Å². The summed E-state index contributed by atoms with van der Waals surface area (Å²) in [7, 11) is 0. The van der Waals surface area contributed by atoms with Gasteiger partial charge in [-0.1, -0.05) is 0 Å². The minimum absolute atomic E-state index is 0.642. The minimum atomic E-state index is 0.642. The Morgan fingerprint density at radius 1 is 1.38 bits per heavy atom. The molecule has 6 heteroatoms. The molecule has 3 rings (SSSR count). The molecule has 0 aliphatic heterocycles. The predicted octanol–water partition coefficient (Wildman–Crippen LogP) is 2.02. The third-order valence-electron chi connectivity index (χ3n) is 2.32. The molecule has 0 fully saturated rings. The summed E-state index contributed by atoms with van der Waals surface area (Å²) in [5, 5.41) is 5.10. The van der Waals surface area contributed by atoms with Gasteiger partial charge in [-0.25, -0.2) is 9.97 Å². The van der Waals surface area contributed by atoms with Crippen molar-refractivity contribution >= 4 is 27.6 Å². The molecular formula is C10H10N4S2. The van der Waals surface area contributed by atoms with Gasteiger partial charge in [0, 0.05) is 23.4 Å². The molecule has 0 aliphatic carbocycles. The van der Waals surface area contributed by atoms with Gasteiger partial charge in [0.25, 0.3) is 0 Å². The summed E-state index contributed by atoms with van der Waals surface area (Å²) in [5.41, 5.74) is 7.63. The summed E-state index contributed by atoms with van der Waals surface area (Å²) in [5.74, 6) is 0. The fourth-order valence-electron chi connectivity index (χ4n) is 1.57. The summed E-state index contributed by atoms with van der Waals surface area (Å²) in [6.45, 7) is 0.642. The summed E-state index contributed by atoms with van der Waals surface area (Å²) >= 11 is 3.27. The van der Waals surface area contributed by atoms with Crippen molar-refractivity contribution < 1.29 is 0 Å². The normalized spacial score (nSPS) is 11.3. The zero-order chi connectivity index (χ0) is 11.0. The number of hydrogen-bond acceptors (Lipinski definition) is 5. The smallest absolute Gasteiger partial charge is 0.194 e. The average Bonchev–Trinajstić information content (AvgIpc) is 2.90. The monoisotopic (exact) mass is 250 g/mol. The fraction of sp³-hybridized carbons (Fsp3) is 0.200. The highest BCUT2D eigenvalue weighted by Crippen LogP contribution is 2.26. The largest absolute Gasteiger partial charge is 0.330 e. The highest BCUT2D eigenvalue weighted by Gasteiger charge is 2.10. The van der Waals surface area contributed by atoms with Crippen LogP contribution in [0.25, 0.3) is 15.7 Å². The Labute approximate surface area is 100 Å². The molecular weight excluding hydrogens is 240 g/mol. The lowest BCUT2D eigenvalue weighted by Crippen LogP contribution is -2.02. The first-order valence-electron chi connectivity index (χ1n) is 4.94. The highest BCUT2D eigenvalue weighted by atomic mass is 32.1. The second kappa shape index (κ2) is 3.97. The van der Waals surface area contributed by atoms with Gasteiger partial charge in [0.2, 0.25) is 0 Å². The van der Waals surface area contributed by atoms with Crippen LogP contribution in [-0.2, 0) is 6.42 Å². The van der Waals surface area contributed by atoms with Crippen molar-refractivity contribution in [3.63, 3.8) is 0 Å². The van der Waals surface area contributed by atoms with E-state index in [2.05, 4.69) is 19.7 Å². The van der Waals surface area contributed by atoms with Gasteiger partial charge in [0.05, 0.1) is 11.9 Å². The Hall–Kier alpha value is -1.24. The maximum atomic E-state index is 5.51. The number of fused-ring (bicyclic) bond motifs is 1. The van der Waals surface area contributed by atoms with Crippen LogP contribution in [0, 0.1) is 0 Å². The van der Waals surface area contributed by atoms with Crippen molar-refractivity contribution in [3.05, 3.63) is 28.8 Å². The molecule has 0 amide bonds. The van der Waals surface area contributed by atoms with Crippen molar-refractivity contribution in [3.8, 4) is 10.7 Å². The fourth-order valence-corrected chi connectivity index (χ4v) is 3.12. The first kappa shape index (κ1) is 9.95. The van der Waals surface area contributed by atoms with E-state index in [0.29, 0.717) is 6.54 Å². The van der Waals surface area contributed by atoms with Crippen LogP contribution in [0.3, 0.4) is 0 Å². The molecule has 0 aromatic carbocycles. The van der Waals surface area contributed by atoms with Gasteiger partial charge < -0.3 is 5.73 Å². The number of aromatic nitrogens is 3. The van der Waals surface area contributed by atoms with Crippen molar-refractivity contribution in [2.24, 2.45) is 5.73 Å². The molecule has 2 N–H and O–H groups in total. The van der Waals surface area contributed by atoms with E-state index < -0.39 is 0 Å². The molecule has 0 spiro atoms. The first-order chi connectivity index (χ1) is 7.88. The molecule has 3 aromatic heterocycles. The Kier molecular flexibility index (Phi) is 2.47. The van der Waals surface area contributed by atoms with Gasteiger partial charge in [-0.05, 0) is 6.54 Å². The molecule has 4 nitrogen and oxygen atoms in total. The van der Waals surface area contributed by atoms with E-state index in [9.17, 15) is 0 Å². The van der Waals surface area contributed by atoms with E-state index in [4.69, 9.17) is 5.73 Å². The van der Waals surface area contributed by atoms with E-state index >= 15 is 0 Å². The van der Waals surface area contributed by atoms with Gasteiger partial charge in [-0.3, -0.25) is 4.40 Å². The average molecular weight is 250 g/mol. The molecule has 0 radical (unpaired) electrons. The van der Waals surface area contributed by atoms with Crippen molar-refractivity contribution in [1.82, 2.24) is 14.4 Å². The van der Waals surface area contributed by atoms with Crippen LogP contribution in [0.15, 0.2) is 23.2 Å². The number of nitrogens with two attached hydrogens (primary N) is 1. The zero-order valence-electron chi connectivity index (χ0n) is 8.46. The number of thiazole rings is 2. The number of imidazole rings is 1. The Balaban J connectivity index is 2.05. The van der Waals surface area contributed by atoms with E-state index in [-0.39, 0.29) is 0 Å². The summed E-state index contributed by atoms with van der Waals surface area (Å²) < 4.78 is 2.07. The summed E-state index contributed by atoms with van der Waals surface area (Å²) in [6.07, 6.45) is 4.73. The van der Waals surface area contributed by atoms with Gasteiger partial charge in [-0.15, -0.1) is 22.7 Å². The van der Waals surface area contributed by atoms with Crippen LogP contribution < -0.4 is 5.73 Å². The maximum absolute atomic E-state index is 5.51. The second-order valence-electron chi connectivity index (χ2n) is 3.38. The Bertz CT molecular complexity index is 607. The Morgan fingerprint density at radius 3 is 3.19 bits per heavy atom. The SMILES string of the molecule is NCCc1csc(-c2cnc3sccn23)n1. The van der Waals surface area contributed by atoms with Crippen LogP contribution in [0.1, 0.15) is 5.69 Å². The van der Waals surface area contributed by atoms with E-state index in [1.807, 2.05) is 17.8 Å². The van der Waals surface area contributed by atoms with E-state index in [1.54, 1.807) is 22.7 Å². The lowest BCUT2D eigenvalue weighted by molar-refractivity contribution is 0.935. The number of hydrogen-bond donors (Lipinski definition) is 1. The molecule has 0 bridgehead atoms. The van der Waals surface area contributed by atoms with Crippen LogP contribution >= 0.6 is 22.7 Å². The zero-order valence-corrected chi connectivity index (χ0v) is 10.1. The van der Waals surface area contributed by atoms with Crippen LogP contribution in [-0.4, -0.2) is 20.9 Å². The van der Waals surface area contributed by atoms with E-state index in [0.717, 1.165) is 27.8 Å². The van der Waals surface area contributed by atoms with Crippen molar-refractivity contribution in [2.75, 3.05) is 6.54 Å². The molecule has 16 heavy (non-hydrogen) atoms. The van der Waals surface area contributed by atoms with Gasteiger partial charge >= 0.3 is 0 Å². The minimum Gasteiger partial charge on any atom is -0.330 e. The first-order valence-corrected chi connectivity index (χ1v) is 6.70. The van der Waals surface area contributed by atoms with Gasteiger partial charge in [0.1, 0.15) is 10.7 Å². The van der Waals surface area contributed by atoms with Crippen LogP contribution in [0.5, 0.6) is 0 Å². The lowest BCUT2D eigenvalue weighted by Gasteiger charge is -1.92. The standard InChI is InChI=1S/C10H10N4S2/c11-2-1-7-6-16-9(13-7)8-5-12-10-14(8)3-4-15-10/h3-6H,1-2,11H2. The summed E-state index contributed by atoms with van der Waals surface area (Å²) in [4.78, 5) is 9.89. The third kappa shape index (κ3) is 1.55. The third-order valence-corrected chi connectivity index (χ3v) is 4.00. The Morgan fingerprint density at radius 2 is 2.31 bits per heavy atom. The molecule has 0 unspecified atom stereocenters. The maximum Gasteiger partial charge on any atom is 0.194 e. The van der Waals surface area contributed by atoms with Crippen molar-refractivity contribution in [2.45, 2.75) is 6.42 Å². The predicted molar refractivity (Wildman–Crippen MR) is 66.9 cm³/mol. The van der Waals surface area contributed by atoms with Crippen LogP contribution in [0.4, 0.5) is 0 Å². The highest BCUT2D eigenvalue weighted by molar-refractivity contribution is 7.15. The number of nitrogens with zero attached hydrogens (tertiary/aromatic N) is 3.